The summed E-state index contributed by atoms with van der Waals surface area (Å²) < 4.78 is 52.2. The van der Waals surface area contributed by atoms with Crippen molar-refractivity contribution in [3.05, 3.63) is 64.7 Å². The normalized spacial score (nSPS) is 12.6. The zero-order valence-corrected chi connectivity index (χ0v) is 15.4. The molecule has 26 heavy (non-hydrogen) atoms. The van der Waals surface area contributed by atoms with E-state index in [-0.39, 0.29) is 24.9 Å². The Morgan fingerprint density at radius 1 is 1.15 bits per heavy atom. The SMILES string of the molecule is CC(NC(=O)CCNS(=O)(=O)c1ccc(F)c(F)c1)c1cccc(Cl)c1. The van der Waals surface area contributed by atoms with E-state index >= 15 is 0 Å². The van der Waals surface area contributed by atoms with Gasteiger partial charge in [0, 0.05) is 18.0 Å². The Balaban J connectivity index is 1.88. The van der Waals surface area contributed by atoms with Crippen LogP contribution >= 0.6 is 11.6 Å². The molecule has 140 valence electrons. The molecular weight excluding hydrogens is 386 g/mol. The molecule has 9 heteroatoms. The summed E-state index contributed by atoms with van der Waals surface area (Å²) in [7, 11) is -4.04. The molecule has 0 heterocycles. The first kappa shape index (κ1) is 20.3. The summed E-state index contributed by atoms with van der Waals surface area (Å²) in [4.78, 5) is 11.5. The van der Waals surface area contributed by atoms with E-state index in [1.807, 2.05) is 6.07 Å². The molecule has 0 saturated carbocycles. The minimum absolute atomic E-state index is 0.117. The Kier molecular flexibility index (Phi) is 6.69. The summed E-state index contributed by atoms with van der Waals surface area (Å²) in [6.07, 6.45) is -0.117. The van der Waals surface area contributed by atoms with Crippen molar-refractivity contribution in [1.29, 1.82) is 0 Å². The van der Waals surface area contributed by atoms with Gasteiger partial charge in [-0.05, 0) is 42.8 Å². The van der Waals surface area contributed by atoms with Gasteiger partial charge >= 0.3 is 0 Å². The van der Waals surface area contributed by atoms with E-state index in [9.17, 15) is 22.0 Å². The summed E-state index contributed by atoms with van der Waals surface area (Å²) in [6.45, 7) is 1.59. The molecule has 5 nitrogen and oxygen atoms in total. The lowest BCUT2D eigenvalue weighted by molar-refractivity contribution is -0.121. The maximum atomic E-state index is 13.2. The first-order valence-corrected chi connectivity index (χ1v) is 9.54. The predicted molar refractivity (Wildman–Crippen MR) is 94.2 cm³/mol. The second-order valence-corrected chi connectivity index (χ2v) is 7.77. The number of benzene rings is 2. The molecule has 2 aromatic rings. The van der Waals surface area contributed by atoms with Gasteiger partial charge in [-0.25, -0.2) is 21.9 Å². The van der Waals surface area contributed by atoms with Crippen LogP contribution in [0, 0.1) is 11.6 Å². The van der Waals surface area contributed by atoms with Gasteiger partial charge in [-0.3, -0.25) is 4.79 Å². The monoisotopic (exact) mass is 402 g/mol. The maximum absolute atomic E-state index is 13.2. The van der Waals surface area contributed by atoms with E-state index in [0.717, 1.165) is 17.7 Å². The van der Waals surface area contributed by atoms with Crippen molar-refractivity contribution in [3.8, 4) is 0 Å². The van der Waals surface area contributed by atoms with Crippen LogP contribution in [-0.4, -0.2) is 20.9 Å². The van der Waals surface area contributed by atoms with Crippen LogP contribution < -0.4 is 10.0 Å². The van der Waals surface area contributed by atoms with Crippen LogP contribution in [0.25, 0.3) is 0 Å². The van der Waals surface area contributed by atoms with Crippen LogP contribution in [0.1, 0.15) is 24.9 Å². The first-order chi connectivity index (χ1) is 12.2. The van der Waals surface area contributed by atoms with Crippen LogP contribution in [0.3, 0.4) is 0 Å². The Morgan fingerprint density at radius 2 is 1.88 bits per heavy atom. The van der Waals surface area contributed by atoms with Crippen LogP contribution in [0.5, 0.6) is 0 Å². The zero-order valence-electron chi connectivity index (χ0n) is 13.8. The van der Waals surface area contributed by atoms with Gasteiger partial charge in [-0.2, -0.15) is 0 Å². The van der Waals surface area contributed by atoms with Crippen LogP contribution in [0.4, 0.5) is 8.78 Å². The lowest BCUT2D eigenvalue weighted by Gasteiger charge is -2.15. The third kappa shape index (κ3) is 5.48. The molecule has 0 aliphatic rings. The highest BCUT2D eigenvalue weighted by atomic mass is 35.5. The number of halogens is 3. The predicted octanol–water partition coefficient (Wildman–Crippen LogP) is 3.16. The molecular formula is C17H17ClF2N2O3S. The van der Waals surface area contributed by atoms with Gasteiger partial charge in [0.1, 0.15) is 0 Å². The van der Waals surface area contributed by atoms with Crippen LogP contribution in [0.2, 0.25) is 5.02 Å². The molecule has 0 saturated heterocycles. The third-order valence-corrected chi connectivity index (χ3v) is 5.27. The summed E-state index contributed by atoms with van der Waals surface area (Å²) in [5, 5.41) is 3.27. The minimum atomic E-state index is -4.04. The number of rotatable bonds is 7. The molecule has 0 spiro atoms. The Labute approximate surface area is 155 Å². The lowest BCUT2D eigenvalue weighted by atomic mass is 10.1. The van der Waals surface area contributed by atoms with Gasteiger partial charge in [0.15, 0.2) is 11.6 Å². The van der Waals surface area contributed by atoms with E-state index in [4.69, 9.17) is 11.6 Å². The summed E-state index contributed by atoms with van der Waals surface area (Å²) in [5.74, 6) is -2.77. The molecule has 2 rings (SSSR count). The highest BCUT2D eigenvalue weighted by Gasteiger charge is 2.17. The Bertz CT molecular complexity index is 907. The van der Waals surface area contributed by atoms with E-state index < -0.39 is 26.6 Å². The molecule has 0 aliphatic heterocycles. The van der Waals surface area contributed by atoms with Crippen molar-refractivity contribution >= 4 is 27.5 Å². The van der Waals surface area contributed by atoms with E-state index in [0.29, 0.717) is 11.1 Å². The van der Waals surface area contributed by atoms with Gasteiger partial charge in [-0.15, -0.1) is 0 Å². The molecule has 0 bridgehead atoms. The van der Waals surface area contributed by atoms with Crippen LogP contribution in [0.15, 0.2) is 47.4 Å². The van der Waals surface area contributed by atoms with Crippen molar-refractivity contribution in [2.75, 3.05) is 6.54 Å². The fourth-order valence-corrected chi connectivity index (χ4v) is 3.44. The Morgan fingerprint density at radius 3 is 2.54 bits per heavy atom. The summed E-state index contributed by atoms with van der Waals surface area (Å²) in [6, 6.07) is 8.96. The van der Waals surface area contributed by atoms with Crippen molar-refractivity contribution < 1.29 is 22.0 Å². The van der Waals surface area contributed by atoms with E-state index in [2.05, 4.69) is 10.0 Å². The van der Waals surface area contributed by atoms with Gasteiger partial charge in [-0.1, -0.05) is 23.7 Å². The van der Waals surface area contributed by atoms with Crippen LogP contribution in [-0.2, 0) is 14.8 Å². The summed E-state index contributed by atoms with van der Waals surface area (Å²) >= 11 is 5.90. The highest BCUT2D eigenvalue weighted by molar-refractivity contribution is 7.89. The second-order valence-electron chi connectivity index (χ2n) is 5.57. The minimum Gasteiger partial charge on any atom is -0.350 e. The highest BCUT2D eigenvalue weighted by Crippen LogP contribution is 2.17. The molecule has 1 atom stereocenters. The number of hydrogen-bond donors (Lipinski definition) is 2. The van der Waals surface area contributed by atoms with Crippen molar-refractivity contribution in [2.45, 2.75) is 24.3 Å². The number of sulfonamides is 1. The fraction of sp³-hybridized carbons (Fsp3) is 0.235. The molecule has 0 fully saturated rings. The molecule has 0 aromatic heterocycles. The molecule has 0 radical (unpaired) electrons. The molecule has 2 N–H and O–H groups in total. The van der Waals surface area contributed by atoms with E-state index in [1.165, 1.54) is 0 Å². The standard InChI is InChI=1S/C17H17ClF2N2O3S/c1-11(12-3-2-4-13(18)9-12)22-17(23)7-8-21-26(24,25)14-5-6-15(19)16(20)10-14/h2-6,9-11,21H,7-8H2,1H3,(H,22,23). The average Bonchev–Trinajstić information content (AvgIpc) is 2.57. The third-order valence-electron chi connectivity index (χ3n) is 3.57. The molecule has 0 aliphatic carbocycles. The van der Waals surface area contributed by atoms with Gasteiger partial charge < -0.3 is 5.32 Å². The maximum Gasteiger partial charge on any atom is 0.240 e. The largest absolute Gasteiger partial charge is 0.350 e. The molecule has 2 aromatic carbocycles. The Hall–Kier alpha value is -2.03. The first-order valence-electron chi connectivity index (χ1n) is 7.68. The second kappa shape index (κ2) is 8.57. The van der Waals surface area contributed by atoms with Crippen molar-refractivity contribution in [1.82, 2.24) is 10.0 Å². The number of carbonyl (C=O) groups is 1. The van der Waals surface area contributed by atoms with Crippen molar-refractivity contribution in [3.63, 3.8) is 0 Å². The number of nitrogens with one attached hydrogen (secondary N) is 2. The number of carbonyl (C=O) groups excluding carboxylic acids is 1. The van der Waals surface area contributed by atoms with Gasteiger partial charge in [0.2, 0.25) is 15.9 Å². The quantitative estimate of drug-likeness (QED) is 0.747. The summed E-state index contributed by atoms with van der Waals surface area (Å²) in [5.41, 5.74) is 0.813. The van der Waals surface area contributed by atoms with E-state index in [1.54, 1.807) is 25.1 Å². The van der Waals surface area contributed by atoms with Gasteiger partial charge in [0.05, 0.1) is 10.9 Å². The molecule has 1 amide bonds. The lowest BCUT2D eigenvalue weighted by Crippen LogP contribution is -2.32. The topological polar surface area (TPSA) is 75.3 Å². The number of amides is 1. The van der Waals surface area contributed by atoms with Gasteiger partial charge in [0.25, 0.3) is 0 Å². The fourth-order valence-electron chi connectivity index (χ4n) is 2.20. The zero-order chi connectivity index (χ0) is 19.3. The smallest absolute Gasteiger partial charge is 0.240 e. The number of hydrogen-bond acceptors (Lipinski definition) is 3. The van der Waals surface area contributed by atoms with Crippen molar-refractivity contribution in [2.24, 2.45) is 0 Å². The average molecular weight is 403 g/mol. The molecule has 1 unspecified atom stereocenters.